The molecule has 2 fully saturated rings. The molecule has 3 rings (SSSR count). The van der Waals surface area contributed by atoms with Gasteiger partial charge in [0.15, 0.2) is 0 Å². The Morgan fingerprint density at radius 2 is 1.59 bits per heavy atom. The first kappa shape index (κ1) is 16.0. The maximum absolute atomic E-state index is 6.21. The SMILES string of the molecule is Cc1nn(C2CCOCC2)c(C)c1B1OC(C)(C)C(C)(C)O1. The molecule has 2 aliphatic heterocycles. The average molecular weight is 306 g/mol. The first-order valence-electron chi connectivity index (χ1n) is 8.22. The van der Waals surface area contributed by atoms with Crippen molar-refractivity contribution in [3.63, 3.8) is 0 Å². The number of nitrogens with zero attached hydrogens (tertiary/aromatic N) is 2. The Bertz CT molecular complexity index is 546. The fourth-order valence-corrected chi connectivity index (χ4v) is 3.26. The van der Waals surface area contributed by atoms with Crippen LogP contribution in [-0.4, -0.2) is 41.3 Å². The summed E-state index contributed by atoms with van der Waals surface area (Å²) in [7, 11) is -0.335. The summed E-state index contributed by atoms with van der Waals surface area (Å²) in [5, 5.41) is 4.78. The first-order chi connectivity index (χ1) is 10.2. The fourth-order valence-electron chi connectivity index (χ4n) is 3.26. The molecule has 0 saturated carbocycles. The standard InChI is InChI=1S/C16H27BN2O3/c1-11-14(17-21-15(3,4)16(5,6)22-17)12(2)19(18-11)13-7-9-20-10-8-13/h13H,7-10H2,1-6H3. The zero-order chi connectivity index (χ0) is 16.1. The normalized spacial score (nSPS) is 24.9. The fraction of sp³-hybridized carbons (Fsp3) is 0.812. The van der Waals surface area contributed by atoms with Gasteiger partial charge in [-0.3, -0.25) is 4.68 Å². The van der Waals surface area contributed by atoms with E-state index in [9.17, 15) is 0 Å². The van der Waals surface area contributed by atoms with Gasteiger partial charge in [0.25, 0.3) is 0 Å². The minimum absolute atomic E-state index is 0.322. The Labute approximate surface area is 133 Å². The van der Waals surface area contributed by atoms with E-state index in [0.29, 0.717) is 6.04 Å². The van der Waals surface area contributed by atoms with Crippen molar-refractivity contribution >= 4 is 12.6 Å². The van der Waals surface area contributed by atoms with Crippen molar-refractivity contribution < 1.29 is 14.0 Å². The van der Waals surface area contributed by atoms with Gasteiger partial charge in [0, 0.05) is 24.4 Å². The number of aromatic nitrogens is 2. The lowest BCUT2D eigenvalue weighted by Crippen LogP contribution is -2.41. The smallest absolute Gasteiger partial charge is 0.399 e. The lowest BCUT2D eigenvalue weighted by Gasteiger charge is -2.32. The van der Waals surface area contributed by atoms with Gasteiger partial charge < -0.3 is 14.0 Å². The van der Waals surface area contributed by atoms with Gasteiger partial charge in [0.1, 0.15) is 0 Å². The summed E-state index contributed by atoms with van der Waals surface area (Å²) in [6.07, 6.45) is 2.04. The van der Waals surface area contributed by atoms with Gasteiger partial charge in [-0.05, 0) is 54.4 Å². The van der Waals surface area contributed by atoms with Crippen LogP contribution in [0.2, 0.25) is 0 Å². The number of hydrogen-bond acceptors (Lipinski definition) is 4. The minimum atomic E-state index is -0.335. The third kappa shape index (κ3) is 2.51. The quantitative estimate of drug-likeness (QED) is 0.786. The van der Waals surface area contributed by atoms with Gasteiger partial charge in [-0.1, -0.05) is 0 Å². The summed E-state index contributed by atoms with van der Waals surface area (Å²) in [4.78, 5) is 0. The van der Waals surface area contributed by atoms with Crippen LogP contribution in [0.1, 0.15) is 58.0 Å². The largest absolute Gasteiger partial charge is 0.498 e. The summed E-state index contributed by atoms with van der Waals surface area (Å²) in [5.74, 6) is 0. The summed E-state index contributed by atoms with van der Waals surface area (Å²) in [6.45, 7) is 14.1. The molecule has 0 aromatic carbocycles. The van der Waals surface area contributed by atoms with Crippen LogP contribution < -0.4 is 5.46 Å². The first-order valence-corrected chi connectivity index (χ1v) is 8.22. The van der Waals surface area contributed by atoms with Crippen molar-refractivity contribution in [1.82, 2.24) is 9.78 Å². The minimum Gasteiger partial charge on any atom is -0.399 e. The molecule has 0 spiro atoms. The lowest BCUT2D eigenvalue weighted by atomic mass is 9.77. The van der Waals surface area contributed by atoms with Gasteiger partial charge in [-0.25, -0.2) is 0 Å². The highest BCUT2D eigenvalue weighted by atomic mass is 16.7. The van der Waals surface area contributed by atoms with Crippen LogP contribution in [0.25, 0.3) is 0 Å². The molecule has 22 heavy (non-hydrogen) atoms. The maximum atomic E-state index is 6.21. The summed E-state index contributed by atoms with van der Waals surface area (Å²) in [5.41, 5.74) is 2.60. The molecule has 0 bridgehead atoms. The number of rotatable bonds is 2. The Kier molecular flexibility index (Phi) is 3.90. The molecule has 2 saturated heterocycles. The van der Waals surface area contributed by atoms with Crippen LogP contribution in [0, 0.1) is 13.8 Å². The molecule has 0 aliphatic carbocycles. The van der Waals surface area contributed by atoms with Crippen molar-refractivity contribution in [2.75, 3.05) is 13.2 Å². The Hall–Kier alpha value is -0.845. The third-order valence-corrected chi connectivity index (χ3v) is 5.41. The zero-order valence-electron chi connectivity index (χ0n) is 14.6. The molecular formula is C16H27BN2O3. The molecular weight excluding hydrogens is 279 g/mol. The molecule has 2 aliphatic rings. The predicted molar refractivity (Wildman–Crippen MR) is 86.5 cm³/mol. The Morgan fingerprint density at radius 1 is 1.05 bits per heavy atom. The lowest BCUT2D eigenvalue weighted by molar-refractivity contribution is 0.00578. The van der Waals surface area contributed by atoms with Gasteiger partial charge >= 0.3 is 7.12 Å². The zero-order valence-corrected chi connectivity index (χ0v) is 14.6. The third-order valence-electron chi connectivity index (χ3n) is 5.41. The van der Waals surface area contributed by atoms with E-state index in [2.05, 4.69) is 39.3 Å². The van der Waals surface area contributed by atoms with E-state index in [4.69, 9.17) is 19.1 Å². The molecule has 0 atom stereocenters. The van der Waals surface area contributed by atoms with Crippen LogP contribution in [0.4, 0.5) is 0 Å². The molecule has 6 heteroatoms. The van der Waals surface area contributed by atoms with Crippen molar-refractivity contribution in [2.45, 2.75) is 71.6 Å². The van der Waals surface area contributed by atoms with Crippen LogP contribution in [0.3, 0.4) is 0 Å². The second-order valence-electron chi connectivity index (χ2n) is 7.46. The Morgan fingerprint density at radius 3 is 2.14 bits per heavy atom. The summed E-state index contributed by atoms with van der Waals surface area (Å²) < 4.78 is 20.0. The van der Waals surface area contributed by atoms with Crippen LogP contribution >= 0.6 is 0 Å². The highest BCUT2D eigenvalue weighted by molar-refractivity contribution is 6.63. The van der Waals surface area contributed by atoms with Crippen LogP contribution in [0.15, 0.2) is 0 Å². The summed E-state index contributed by atoms with van der Waals surface area (Å²) in [6, 6.07) is 0.420. The van der Waals surface area contributed by atoms with E-state index in [1.165, 1.54) is 0 Å². The molecule has 0 unspecified atom stereocenters. The molecule has 122 valence electrons. The van der Waals surface area contributed by atoms with E-state index in [0.717, 1.165) is 42.9 Å². The van der Waals surface area contributed by atoms with Gasteiger partial charge in [-0.2, -0.15) is 5.10 Å². The monoisotopic (exact) mass is 306 g/mol. The van der Waals surface area contributed by atoms with E-state index in [1.807, 2.05) is 6.92 Å². The molecule has 0 N–H and O–H groups in total. The van der Waals surface area contributed by atoms with Crippen LogP contribution in [0.5, 0.6) is 0 Å². The highest BCUT2D eigenvalue weighted by Crippen LogP contribution is 2.37. The number of aryl methyl sites for hydroxylation is 1. The summed E-state index contributed by atoms with van der Waals surface area (Å²) >= 11 is 0. The van der Waals surface area contributed by atoms with E-state index < -0.39 is 0 Å². The maximum Gasteiger partial charge on any atom is 0.498 e. The van der Waals surface area contributed by atoms with Crippen molar-refractivity contribution in [1.29, 1.82) is 0 Å². The topological polar surface area (TPSA) is 45.5 Å². The number of ether oxygens (including phenoxy) is 1. The molecule has 3 heterocycles. The van der Waals surface area contributed by atoms with Gasteiger partial charge in [0.2, 0.25) is 0 Å². The van der Waals surface area contributed by atoms with Crippen molar-refractivity contribution in [3.05, 3.63) is 11.4 Å². The van der Waals surface area contributed by atoms with Gasteiger partial charge in [0.05, 0.1) is 22.9 Å². The Balaban J connectivity index is 1.91. The second kappa shape index (κ2) is 5.36. The average Bonchev–Trinajstić information content (AvgIpc) is 2.84. The molecule has 1 aromatic rings. The predicted octanol–water partition coefficient (Wildman–Crippen LogP) is 2.15. The molecule has 0 amide bonds. The molecule has 1 aromatic heterocycles. The van der Waals surface area contributed by atoms with Crippen LogP contribution in [-0.2, 0) is 14.0 Å². The van der Waals surface area contributed by atoms with Crippen molar-refractivity contribution in [2.24, 2.45) is 0 Å². The van der Waals surface area contributed by atoms with Crippen molar-refractivity contribution in [3.8, 4) is 0 Å². The van der Waals surface area contributed by atoms with E-state index >= 15 is 0 Å². The molecule has 5 nitrogen and oxygen atoms in total. The second-order valence-corrected chi connectivity index (χ2v) is 7.46. The van der Waals surface area contributed by atoms with E-state index in [1.54, 1.807) is 0 Å². The van der Waals surface area contributed by atoms with E-state index in [-0.39, 0.29) is 18.3 Å². The highest BCUT2D eigenvalue weighted by Gasteiger charge is 2.53. The van der Waals surface area contributed by atoms with Gasteiger partial charge in [-0.15, -0.1) is 0 Å². The molecule has 0 radical (unpaired) electrons. The number of hydrogen-bond donors (Lipinski definition) is 0.